The van der Waals surface area contributed by atoms with Crippen molar-refractivity contribution in [2.75, 3.05) is 0 Å². The second kappa shape index (κ2) is 7.25. The van der Waals surface area contributed by atoms with E-state index in [1.54, 1.807) is 12.1 Å². The number of hydrogen-bond donors (Lipinski definition) is 3. The molecular weight excluding hydrogens is 278 g/mol. The summed E-state index contributed by atoms with van der Waals surface area (Å²) in [4.78, 5) is 11.7. The standard InChI is InChI=1S/C13H21N3O3S/c1-3-11(4-2)16-13(17)15-9-10-5-7-12(8-6-10)20(14,18)19/h5-8,11H,3-4,9H2,1-2H3,(H2,14,18,19)(H2,15,16,17). The molecule has 0 heterocycles. The molecule has 0 atom stereocenters. The molecule has 20 heavy (non-hydrogen) atoms. The van der Waals surface area contributed by atoms with E-state index in [0.717, 1.165) is 18.4 Å². The fraction of sp³-hybridized carbons (Fsp3) is 0.462. The lowest BCUT2D eigenvalue weighted by Crippen LogP contribution is -2.41. The molecule has 0 unspecified atom stereocenters. The maximum atomic E-state index is 11.6. The molecule has 0 spiro atoms. The molecule has 1 aromatic carbocycles. The smallest absolute Gasteiger partial charge is 0.315 e. The molecule has 0 radical (unpaired) electrons. The Morgan fingerprint density at radius 1 is 1.20 bits per heavy atom. The van der Waals surface area contributed by atoms with Crippen molar-refractivity contribution in [1.82, 2.24) is 10.6 Å². The predicted molar refractivity (Wildman–Crippen MR) is 77.6 cm³/mol. The van der Waals surface area contributed by atoms with E-state index < -0.39 is 10.0 Å². The van der Waals surface area contributed by atoms with E-state index in [1.165, 1.54) is 12.1 Å². The van der Waals surface area contributed by atoms with Crippen molar-refractivity contribution in [3.63, 3.8) is 0 Å². The highest BCUT2D eigenvalue weighted by atomic mass is 32.2. The van der Waals surface area contributed by atoms with Crippen LogP contribution in [0.3, 0.4) is 0 Å². The summed E-state index contributed by atoms with van der Waals surface area (Å²) < 4.78 is 22.2. The van der Waals surface area contributed by atoms with Gasteiger partial charge in [0.25, 0.3) is 0 Å². The third-order valence-corrected chi connectivity index (χ3v) is 3.96. The van der Waals surface area contributed by atoms with Crippen molar-refractivity contribution >= 4 is 16.1 Å². The van der Waals surface area contributed by atoms with Crippen molar-refractivity contribution in [2.24, 2.45) is 5.14 Å². The quantitative estimate of drug-likeness (QED) is 0.738. The van der Waals surface area contributed by atoms with Crippen LogP contribution < -0.4 is 15.8 Å². The minimum Gasteiger partial charge on any atom is -0.335 e. The van der Waals surface area contributed by atoms with Crippen LogP contribution in [-0.4, -0.2) is 20.5 Å². The molecule has 0 saturated heterocycles. The summed E-state index contributed by atoms with van der Waals surface area (Å²) in [6.45, 7) is 4.36. The molecule has 0 bridgehead atoms. The molecule has 1 rings (SSSR count). The van der Waals surface area contributed by atoms with Gasteiger partial charge in [-0.1, -0.05) is 26.0 Å². The van der Waals surface area contributed by atoms with Crippen LogP contribution in [0.5, 0.6) is 0 Å². The minimum absolute atomic E-state index is 0.0581. The Hall–Kier alpha value is -1.60. The van der Waals surface area contributed by atoms with Gasteiger partial charge in [-0.15, -0.1) is 0 Å². The molecular formula is C13H21N3O3S. The number of benzene rings is 1. The molecule has 6 nitrogen and oxygen atoms in total. The number of rotatable bonds is 6. The summed E-state index contributed by atoms with van der Waals surface area (Å²) in [5.74, 6) is 0. The molecule has 0 aliphatic carbocycles. The molecule has 0 fully saturated rings. The Bertz CT molecular complexity index is 536. The summed E-state index contributed by atoms with van der Waals surface area (Å²) >= 11 is 0. The van der Waals surface area contributed by atoms with Gasteiger partial charge >= 0.3 is 6.03 Å². The van der Waals surface area contributed by atoms with Crippen LogP contribution in [-0.2, 0) is 16.6 Å². The lowest BCUT2D eigenvalue weighted by atomic mass is 10.2. The van der Waals surface area contributed by atoms with E-state index in [9.17, 15) is 13.2 Å². The van der Waals surface area contributed by atoms with Crippen LogP contribution in [0.2, 0.25) is 0 Å². The second-order valence-electron chi connectivity index (χ2n) is 4.53. The number of hydrogen-bond acceptors (Lipinski definition) is 3. The predicted octanol–water partition coefficient (Wildman–Crippen LogP) is 1.32. The topological polar surface area (TPSA) is 101 Å². The van der Waals surface area contributed by atoms with Gasteiger partial charge in [-0.2, -0.15) is 0 Å². The van der Waals surface area contributed by atoms with Gasteiger partial charge in [-0.25, -0.2) is 18.4 Å². The number of amides is 2. The van der Waals surface area contributed by atoms with Gasteiger partial charge in [0.05, 0.1) is 4.90 Å². The summed E-state index contributed by atoms with van der Waals surface area (Å²) in [6, 6.07) is 6.03. The van der Waals surface area contributed by atoms with E-state index in [2.05, 4.69) is 10.6 Å². The van der Waals surface area contributed by atoms with Crippen LogP contribution >= 0.6 is 0 Å². The largest absolute Gasteiger partial charge is 0.335 e. The summed E-state index contributed by atoms with van der Waals surface area (Å²) in [6.07, 6.45) is 1.76. The minimum atomic E-state index is -3.67. The average Bonchev–Trinajstić information content (AvgIpc) is 2.42. The van der Waals surface area contributed by atoms with Crippen molar-refractivity contribution in [1.29, 1.82) is 0 Å². The van der Waals surface area contributed by atoms with Crippen LogP contribution in [0.1, 0.15) is 32.3 Å². The molecule has 1 aromatic rings. The second-order valence-corrected chi connectivity index (χ2v) is 6.09. The van der Waals surface area contributed by atoms with Crippen molar-refractivity contribution in [3.05, 3.63) is 29.8 Å². The number of carbonyl (C=O) groups is 1. The molecule has 4 N–H and O–H groups in total. The average molecular weight is 299 g/mol. The number of urea groups is 1. The van der Waals surface area contributed by atoms with Crippen LogP contribution in [0, 0.1) is 0 Å². The molecule has 2 amide bonds. The van der Waals surface area contributed by atoms with E-state index in [0.29, 0.717) is 6.54 Å². The SMILES string of the molecule is CCC(CC)NC(=O)NCc1ccc(S(N)(=O)=O)cc1. The number of nitrogens with one attached hydrogen (secondary N) is 2. The Balaban J connectivity index is 2.52. The molecule has 0 saturated carbocycles. The first-order valence-corrected chi connectivity index (χ1v) is 8.07. The van der Waals surface area contributed by atoms with Gasteiger partial charge in [0.2, 0.25) is 10.0 Å². The number of nitrogens with two attached hydrogens (primary N) is 1. The summed E-state index contributed by atoms with van der Waals surface area (Å²) in [5.41, 5.74) is 0.803. The first-order valence-electron chi connectivity index (χ1n) is 6.53. The van der Waals surface area contributed by atoms with Crippen molar-refractivity contribution < 1.29 is 13.2 Å². The fourth-order valence-corrected chi connectivity index (χ4v) is 2.22. The monoisotopic (exact) mass is 299 g/mol. The highest BCUT2D eigenvalue weighted by Crippen LogP contribution is 2.08. The van der Waals surface area contributed by atoms with E-state index in [4.69, 9.17) is 5.14 Å². The van der Waals surface area contributed by atoms with Crippen LogP contribution in [0.25, 0.3) is 0 Å². The lowest BCUT2D eigenvalue weighted by Gasteiger charge is -2.15. The van der Waals surface area contributed by atoms with Crippen molar-refractivity contribution in [3.8, 4) is 0 Å². The normalized spacial score (nSPS) is 11.4. The highest BCUT2D eigenvalue weighted by Gasteiger charge is 2.09. The van der Waals surface area contributed by atoms with E-state index >= 15 is 0 Å². The summed E-state index contributed by atoms with van der Waals surface area (Å²) in [5, 5.41) is 10.6. The molecule has 0 aliphatic heterocycles. The Morgan fingerprint density at radius 3 is 2.20 bits per heavy atom. The van der Waals surface area contributed by atoms with Gasteiger partial charge < -0.3 is 10.6 Å². The van der Waals surface area contributed by atoms with E-state index in [1.807, 2.05) is 13.8 Å². The van der Waals surface area contributed by atoms with Crippen molar-refractivity contribution in [2.45, 2.75) is 44.2 Å². The van der Waals surface area contributed by atoms with Gasteiger partial charge in [0.1, 0.15) is 0 Å². The number of primary sulfonamides is 1. The van der Waals surface area contributed by atoms with Gasteiger partial charge in [0, 0.05) is 12.6 Å². The number of sulfonamides is 1. The zero-order valence-corrected chi connectivity index (χ0v) is 12.5. The summed E-state index contributed by atoms with van der Waals surface area (Å²) in [7, 11) is -3.67. The first-order chi connectivity index (χ1) is 9.36. The van der Waals surface area contributed by atoms with Gasteiger partial charge in [-0.3, -0.25) is 0 Å². The Kier molecular flexibility index (Phi) is 5.97. The Labute approximate surface area is 119 Å². The lowest BCUT2D eigenvalue weighted by molar-refractivity contribution is 0.235. The highest BCUT2D eigenvalue weighted by molar-refractivity contribution is 7.89. The number of carbonyl (C=O) groups excluding carboxylic acids is 1. The zero-order chi connectivity index (χ0) is 15.2. The third kappa shape index (κ3) is 5.18. The zero-order valence-electron chi connectivity index (χ0n) is 11.7. The third-order valence-electron chi connectivity index (χ3n) is 3.03. The molecule has 0 aliphatic rings. The van der Waals surface area contributed by atoms with E-state index in [-0.39, 0.29) is 17.0 Å². The fourth-order valence-electron chi connectivity index (χ4n) is 1.71. The maximum absolute atomic E-state index is 11.6. The molecule has 112 valence electrons. The van der Waals surface area contributed by atoms with Gasteiger partial charge in [0.15, 0.2) is 0 Å². The van der Waals surface area contributed by atoms with Crippen LogP contribution in [0.4, 0.5) is 4.79 Å². The van der Waals surface area contributed by atoms with Gasteiger partial charge in [-0.05, 0) is 30.5 Å². The van der Waals surface area contributed by atoms with Crippen LogP contribution in [0.15, 0.2) is 29.2 Å². The molecule has 0 aromatic heterocycles. The molecule has 7 heteroatoms. The maximum Gasteiger partial charge on any atom is 0.315 e. The first kappa shape index (κ1) is 16.5. The Morgan fingerprint density at radius 2 is 1.75 bits per heavy atom.